The molecule has 0 spiro atoms. The molecule has 0 aromatic heterocycles. The highest BCUT2D eigenvalue weighted by Crippen LogP contribution is 2.37. The summed E-state index contributed by atoms with van der Waals surface area (Å²) in [6.45, 7) is 9.49. The summed E-state index contributed by atoms with van der Waals surface area (Å²) in [5.41, 5.74) is 2.36. The van der Waals surface area contributed by atoms with Gasteiger partial charge in [-0.3, -0.25) is 0 Å². The van der Waals surface area contributed by atoms with Crippen LogP contribution in [0.1, 0.15) is 37.9 Å². The van der Waals surface area contributed by atoms with Crippen LogP contribution in [0.5, 0.6) is 0 Å². The molecule has 0 bridgehead atoms. The molecule has 0 aliphatic carbocycles. The first kappa shape index (κ1) is 17.4. The molecule has 0 amide bonds. The summed E-state index contributed by atoms with van der Waals surface area (Å²) in [7, 11) is 2.10. The lowest BCUT2D eigenvalue weighted by atomic mass is 10.0. The predicted molar refractivity (Wildman–Crippen MR) is 96.3 cm³/mol. The molecule has 2 aliphatic rings. The quantitative estimate of drug-likeness (QED) is 0.736. The van der Waals surface area contributed by atoms with Gasteiger partial charge in [-0.1, -0.05) is 0 Å². The summed E-state index contributed by atoms with van der Waals surface area (Å²) in [4.78, 5) is 9.18. The van der Waals surface area contributed by atoms with E-state index in [1.54, 1.807) is 6.07 Å². The molecule has 132 valence electrons. The number of piperazine rings is 1. The molecule has 1 atom stereocenters. The van der Waals surface area contributed by atoms with E-state index in [2.05, 4.69) is 21.9 Å². The Hall–Kier alpha value is -2.46. The van der Waals surface area contributed by atoms with E-state index in [1.165, 1.54) is 6.07 Å². The molecule has 0 saturated carbocycles. The molecule has 2 aliphatic heterocycles. The van der Waals surface area contributed by atoms with Crippen LogP contribution in [0.2, 0.25) is 0 Å². The maximum absolute atomic E-state index is 14.1. The number of hydrogen-bond acceptors (Lipinski definition) is 6. The highest BCUT2D eigenvalue weighted by atomic mass is 19.1. The van der Waals surface area contributed by atoms with Gasteiger partial charge in [-0.2, -0.15) is 10.4 Å². The van der Waals surface area contributed by atoms with Crippen LogP contribution >= 0.6 is 0 Å². The standard InChI is InChI=1S/C18H23FN6/c1-12(2)22-25-13(3)15-9-14(11-20)16(19)10-17(15)21-18(25)24-7-5-23(4)6-8-24/h9-10,13H,5-8H2,1-4H3. The van der Waals surface area contributed by atoms with E-state index in [4.69, 9.17) is 10.3 Å². The Labute approximate surface area is 147 Å². The SMILES string of the molecule is CC(C)=NN1C(N2CCN(C)CC2)=Nc2cc(F)c(C#N)cc2C1C. The van der Waals surface area contributed by atoms with E-state index in [-0.39, 0.29) is 11.6 Å². The molecule has 1 aromatic rings. The molecule has 7 heteroatoms. The van der Waals surface area contributed by atoms with Crippen molar-refractivity contribution in [2.75, 3.05) is 33.2 Å². The number of likely N-dealkylation sites (N-methyl/N-ethyl adjacent to an activating group) is 1. The lowest BCUT2D eigenvalue weighted by Crippen LogP contribution is -2.52. The maximum atomic E-state index is 14.1. The molecule has 1 saturated heterocycles. The first-order valence-electron chi connectivity index (χ1n) is 8.47. The zero-order valence-corrected chi connectivity index (χ0v) is 15.1. The first-order chi connectivity index (χ1) is 11.9. The second-order valence-corrected chi connectivity index (χ2v) is 6.77. The number of hydrogen-bond donors (Lipinski definition) is 0. The largest absolute Gasteiger partial charge is 0.338 e. The van der Waals surface area contributed by atoms with Gasteiger partial charge in [0.1, 0.15) is 11.9 Å². The van der Waals surface area contributed by atoms with Gasteiger partial charge in [-0.25, -0.2) is 14.4 Å². The van der Waals surface area contributed by atoms with Crippen LogP contribution in [0.4, 0.5) is 10.1 Å². The summed E-state index contributed by atoms with van der Waals surface area (Å²) in [5.74, 6) is 0.219. The molecule has 25 heavy (non-hydrogen) atoms. The summed E-state index contributed by atoms with van der Waals surface area (Å²) in [6, 6.07) is 4.74. The molecular weight excluding hydrogens is 319 g/mol. The smallest absolute Gasteiger partial charge is 0.223 e. The van der Waals surface area contributed by atoms with Gasteiger partial charge in [-0.15, -0.1) is 0 Å². The number of aliphatic imine (C=N–C) groups is 1. The van der Waals surface area contributed by atoms with E-state index in [0.29, 0.717) is 5.69 Å². The topological polar surface area (TPSA) is 58.2 Å². The molecule has 0 radical (unpaired) electrons. The number of halogens is 1. The molecule has 1 fully saturated rings. The van der Waals surface area contributed by atoms with Crippen molar-refractivity contribution >= 4 is 17.4 Å². The summed E-state index contributed by atoms with van der Waals surface area (Å²) < 4.78 is 14.1. The average Bonchev–Trinajstić information content (AvgIpc) is 2.57. The number of benzene rings is 1. The van der Waals surface area contributed by atoms with Crippen molar-refractivity contribution in [1.82, 2.24) is 14.8 Å². The van der Waals surface area contributed by atoms with Crippen molar-refractivity contribution < 1.29 is 4.39 Å². The van der Waals surface area contributed by atoms with Crippen LogP contribution in [-0.2, 0) is 0 Å². The van der Waals surface area contributed by atoms with E-state index in [9.17, 15) is 4.39 Å². The summed E-state index contributed by atoms with van der Waals surface area (Å²) in [6.07, 6.45) is 0. The van der Waals surface area contributed by atoms with Gasteiger partial charge in [0.25, 0.3) is 0 Å². The molecule has 6 nitrogen and oxygen atoms in total. The van der Waals surface area contributed by atoms with Gasteiger partial charge in [0.15, 0.2) is 0 Å². The molecule has 1 unspecified atom stereocenters. The van der Waals surface area contributed by atoms with E-state index in [1.807, 2.05) is 31.8 Å². The number of hydrazone groups is 1. The lowest BCUT2D eigenvalue weighted by molar-refractivity contribution is 0.186. The second kappa shape index (κ2) is 6.81. The average molecular weight is 342 g/mol. The Morgan fingerprint density at radius 3 is 2.56 bits per heavy atom. The van der Waals surface area contributed by atoms with Gasteiger partial charge in [0.2, 0.25) is 5.96 Å². The van der Waals surface area contributed by atoms with Gasteiger partial charge in [-0.05, 0) is 33.9 Å². The Morgan fingerprint density at radius 2 is 1.96 bits per heavy atom. The second-order valence-electron chi connectivity index (χ2n) is 6.77. The lowest BCUT2D eigenvalue weighted by Gasteiger charge is -2.41. The van der Waals surface area contributed by atoms with E-state index in [0.717, 1.165) is 43.4 Å². The predicted octanol–water partition coefficient (Wildman–Crippen LogP) is 2.70. The summed E-state index contributed by atoms with van der Waals surface area (Å²) in [5, 5.41) is 15.7. The van der Waals surface area contributed by atoms with Crippen molar-refractivity contribution in [2.45, 2.75) is 26.8 Å². The van der Waals surface area contributed by atoms with Crippen LogP contribution in [0, 0.1) is 17.1 Å². The third-order valence-corrected chi connectivity index (χ3v) is 4.57. The highest BCUT2D eigenvalue weighted by molar-refractivity contribution is 5.88. The normalized spacial score (nSPS) is 20.6. The van der Waals surface area contributed by atoms with Crippen molar-refractivity contribution in [3.63, 3.8) is 0 Å². The number of nitrogens with zero attached hydrogens (tertiary/aromatic N) is 6. The van der Waals surface area contributed by atoms with Crippen LogP contribution in [0.3, 0.4) is 0 Å². The van der Waals surface area contributed by atoms with Crippen LogP contribution < -0.4 is 0 Å². The van der Waals surface area contributed by atoms with Crippen molar-refractivity contribution in [1.29, 1.82) is 5.26 Å². The molecular formula is C18H23FN6. The van der Waals surface area contributed by atoms with Crippen LogP contribution in [0.25, 0.3) is 0 Å². The Balaban J connectivity index is 2.08. The number of guanidine groups is 1. The summed E-state index contributed by atoms with van der Waals surface area (Å²) >= 11 is 0. The van der Waals surface area contributed by atoms with Gasteiger partial charge < -0.3 is 9.80 Å². The van der Waals surface area contributed by atoms with Gasteiger partial charge in [0, 0.05) is 43.5 Å². The first-order valence-corrected chi connectivity index (χ1v) is 8.47. The Kier molecular flexibility index (Phi) is 4.73. The Morgan fingerprint density at radius 1 is 1.28 bits per heavy atom. The minimum Gasteiger partial charge on any atom is -0.338 e. The van der Waals surface area contributed by atoms with Gasteiger partial charge in [0.05, 0.1) is 17.3 Å². The van der Waals surface area contributed by atoms with Crippen molar-refractivity contribution in [2.24, 2.45) is 10.1 Å². The van der Waals surface area contributed by atoms with Crippen molar-refractivity contribution in [3.8, 4) is 6.07 Å². The third kappa shape index (κ3) is 3.35. The maximum Gasteiger partial charge on any atom is 0.223 e. The van der Waals surface area contributed by atoms with E-state index >= 15 is 0 Å². The van der Waals surface area contributed by atoms with Crippen LogP contribution in [-0.4, -0.2) is 59.7 Å². The molecule has 3 rings (SSSR count). The fourth-order valence-electron chi connectivity index (χ4n) is 3.13. The zero-order valence-electron chi connectivity index (χ0n) is 15.1. The third-order valence-electron chi connectivity index (χ3n) is 4.57. The fourth-order valence-corrected chi connectivity index (χ4v) is 3.13. The molecule has 1 aromatic carbocycles. The molecule has 0 N–H and O–H groups in total. The number of nitriles is 1. The number of fused-ring (bicyclic) bond motifs is 1. The van der Waals surface area contributed by atoms with E-state index < -0.39 is 5.82 Å². The minimum absolute atomic E-state index is 0.0426. The number of rotatable bonds is 1. The Bertz CT molecular complexity index is 767. The minimum atomic E-state index is -0.529. The van der Waals surface area contributed by atoms with Crippen LogP contribution in [0.15, 0.2) is 22.2 Å². The monoisotopic (exact) mass is 342 g/mol. The van der Waals surface area contributed by atoms with Crippen molar-refractivity contribution in [3.05, 3.63) is 29.1 Å². The fraction of sp³-hybridized carbons (Fsp3) is 0.500. The van der Waals surface area contributed by atoms with Gasteiger partial charge >= 0.3 is 0 Å². The highest BCUT2D eigenvalue weighted by Gasteiger charge is 2.32. The molecule has 2 heterocycles. The zero-order chi connectivity index (χ0) is 18.1.